The molecule has 0 atom stereocenters. The highest BCUT2D eigenvalue weighted by molar-refractivity contribution is 6.32. The van der Waals surface area contributed by atoms with Gasteiger partial charge in [-0.3, -0.25) is 0 Å². The number of hydrogen-bond acceptors (Lipinski definition) is 0. The van der Waals surface area contributed by atoms with Crippen LogP contribution in [0.1, 0.15) is 0 Å². The second-order valence-electron chi connectivity index (χ2n) is 14.1. The van der Waals surface area contributed by atoms with E-state index in [0.29, 0.717) is 0 Å². The maximum absolute atomic E-state index is 2.42. The van der Waals surface area contributed by atoms with E-state index in [0.717, 1.165) is 5.69 Å². The van der Waals surface area contributed by atoms with Crippen LogP contribution >= 0.6 is 0 Å². The normalized spacial score (nSPS) is 11.8. The lowest BCUT2D eigenvalue weighted by molar-refractivity contribution is 1.18. The molecule has 0 aliphatic carbocycles. The molecule has 0 fully saturated rings. The predicted octanol–water partition coefficient (Wildman–Crippen LogP) is 14.4. The van der Waals surface area contributed by atoms with Gasteiger partial charge < -0.3 is 4.57 Å². The lowest BCUT2D eigenvalue weighted by Crippen LogP contribution is -1.94. The van der Waals surface area contributed by atoms with E-state index < -0.39 is 0 Å². The summed E-state index contributed by atoms with van der Waals surface area (Å²) in [5, 5.41) is 12.7. The highest BCUT2D eigenvalue weighted by Crippen LogP contribution is 2.46. The Kier molecular flexibility index (Phi) is 6.62. The first kappa shape index (κ1) is 29.7. The predicted molar refractivity (Wildman–Crippen MR) is 227 cm³/mol. The minimum Gasteiger partial charge on any atom is -0.309 e. The largest absolute Gasteiger partial charge is 0.309 e. The fourth-order valence-electron chi connectivity index (χ4n) is 8.73. The Morgan fingerprint density at radius 1 is 0.264 bits per heavy atom. The van der Waals surface area contributed by atoms with Crippen LogP contribution in [0.5, 0.6) is 0 Å². The van der Waals surface area contributed by atoms with E-state index >= 15 is 0 Å². The first-order valence-electron chi connectivity index (χ1n) is 18.3. The van der Waals surface area contributed by atoms with Crippen molar-refractivity contribution in [3.63, 3.8) is 0 Å². The second kappa shape index (κ2) is 11.8. The minimum absolute atomic E-state index is 1.16. The monoisotopic (exact) mass is 671 g/mol. The Morgan fingerprint density at radius 3 is 1.36 bits per heavy atom. The highest BCUT2D eigenvalue weighted by atomic mass is 15.0. The van der Waals surface area contributed by atoms with Crippen LogP contribution < -0.4 is 0 Å². The highest BCUT2D eigenvalue weighted by Gasteiger charge is 2.19. The van der Waals surface area contributed by atoms with Gasteiger partial charge in [0.25, 0.3) is 0 Å². The Balaban J connectivity index is 1.24. The zero-order valence-electron chi connectivity index (χ0n) is 29.0. The van der Waals surface area contributed by atoms with E-state index in [1.54, 1.807) is 0 Å². The Morgan fingerprint density at radius 2 is 0.736 bits per heavy atom. The van der Waals surface area contributed by atoms with Crippen LogP contribution in [0.2, 0.25) is 0 Å². The van der Waals surface area contributed by atoms with Gasteiger partial charge in [-0.25, -0.2) is 0 Å². The van der Waals surface area contributed by atoms with E-state index in [4.69, 9.17) is 0 Å². The Bertz CT molecular complexity index is 3140. The molecule has 0 aliphatic rings. The van der Waals surface area contributed by atoms with Crippen LogP contribution in [0.4, 0.5) is 0 Å². The molecule has 1 aromatic heterocycles. The van der Waals surface area contributed by atoms with E-state index in [2.05, 4.69) is 205 Å². The van der Waals surface area contributed by atoms with E-state index in [1.807, 2.05) is 0 Å². The third kappa shape index (κ3) is 4.64. The van der Waals surface area contributed by atoms with Gasteiger partial charge in [-0.2, -0.15) is 0 Å². The summed E-state index contributed by atoms with van der Waals surface area (Å²) >= 11 is 0. The van der Waals surface area contributed by atoms with Crippen LogP contribution in [0.25, 0.3) is 104 Å². The van der Waals surface area contributed by atoms with Crippen LogP contribution in [0.3, 0.4) is 0 Å². The van der Waals surface area contributed by atoms with Gasteiger partial charge in [-0.05, 0) is 119 Å². The van der Waals surface area contributed by atoms with Gasteiger partial charge in [0.1, 0.15) is 0 Å². The molecule has 1 nitrogen and oxygen atoms in total. The fourth-order valence-corrected chi connectivity index (χ4v) is 8.73. The zero-order valence-corrected chi connectivity index (χ0v) is 29.0. The molecule has 0 saturated heterocycles. The van der Waals surface area contributed by atoms with Crippen LogP contribution in [0.15, 0.2) is 200 Å². The molecule has 0 radical (unpaired) electrons. The molecule has 246 valence electrons. The number of benzene rings is 10. The van der Waals surface area contributed by atoms with Crippen molar-refractivity contribution in [3.8, 4) is 39.1 Å². The standard InChI is InChI=1S/C52H33N/c1-3-13-34(14-4-1)37-25-29-42-43-30-26-38(35-15-5-2-6-16-35)32-47(43)52-48(46(42)31-37)33-39-17-7-8-18-41(39)51(52)36-23-27-40(28-24-36)53-49-21-11-9-19-44(49)45-20-10-12-22-50(45)53/h1-33H. The van der Waals surface area contributed by atoms with Crippen molar-refractivity contribution in [2.45, 2.75) is 0 Å². The smallest absolute Gasteiger partial charge is 0.0541 e. The summed E-state index contributed by atoms with van der Waals surface area (Å²) < 4.78 is 2.40. The topological polar surface area (TPSA) is 4.93 Å². The maximum Gasteiger partial charge on any atom is 0.0541 e. The average molecular weight is 672 g/mol. The number of rotatable bonds is 4. The number of fused-ring (bicyclic) bond motifs is 10. The van der Waals surface area contributed by atoms with Crippen molar-refractivity contribution >= 4 is 64.9 Å². The van der Waals surface area contributed by atoms with Gasteiger partial charge in [0.05, 0.1) is 11.0 Å². The van der Waals surface area contributed by atoms with Crippen molar-refractivity contribution < 1.29 is 0 Å². The molecule has 1 heteroatoms. The molecular formula is C52H33N. The number of nitrogens with zero attached hydrogens (tertiary/aromatic N) is 1. The molecular weight excluding hydrogens is 639 g/mol. The average Bonchev–Trinajstić information content (AvgIpc) is 3.58. The summed E-state index contributed by atoms with van der Waals surface area (Å²) in [6.45, 7) is 0. The van der Waals surface area contributed by atoms with Crippen molar-refractivity contribution in [3.05, 3.63) is 200 Å². The summed E-state index contributed by atoms with van der Waals surface area (Å²) in [5.74, 6) is 0. The molecule has 11 rings (SSSR count). The third-order valence-corrected chi connectivity index (χ3v) is 11.1. The number of aromatic nitrogens is 1. The molecule has 11 aromatic rings. The van der Waals surface area contributed by atoms with Gasteiger partial charge in [-0.1, -0.05) is 158 Å². The lowest BCUT2D eigenvalue weighted by Gasteiger charge is -2.19. The van der Waals surface area contributed by atoms with Crippen molar-refractivity contribution in [2.24, 2.45) is 0 Å². The molecule has 10 aromatic carbocycles. The third-order valence-electron chi connectivity index (χ3n) is 11.1. The maximum atomic E-state index is 2.42. The number of para-hydroxylation sites is 2. The second-order valence-corrected chi connectivity index (χ2v) is 14.1. The van der Waals surface area contributed by atoms with Crippen molar-refractivity contribution in [2.75, 3.05) is 0 Å². The molecule has 1 heterocycles. The molecule has 0 N–H and O–H groups in total. The van der Waals surface area contributed by atoms with Gasteiger partial charge in [0.2, 0.25) is 0 Å². The zero-order chi connectivity index (χ0) is 34.9. The molecule has 0 aliphatic heterocycles. The minimum atomic E-state index is 1.16. The number of hydrogen-bond donors (Lipinski definition) is 0. The molecule has 0 spiro atoms. The fraction of sp³-hybridized carbons (Fsp3) is 0. The van der Waals surface area contributed by atoms with Crippen LogP contribution in [-0.4, -0.2) is 4.57 Å². The lowest BCUT2D eigenvalue weighted by atomic mass is 9.84. The van der Waals surface area contributed by atoms with Gasteiger partial charge in [-0.15, -0.1) is 0 Å². The van der Waals surface area contributed by atoms with Crippen molar-refractivity contribution in [1.82, 2.24) is 4.57 Å². The molecule has 0 bridgehead atoms. The SMILES string of the molecule is c1ccc(-c2ccc3c4ccc(-c5ccccc5)cc4c4c(-c5ccc(-n6c7ccccc7c7ccccc76)cc5)c5ccccc5cc4c3c2)cc1. The van der Waals surface area contributed by atoms with Gasteiger partial charge >= 0.3 is 0 Å². The Hall–Kier alpha value is -6.96. The summed E-state index contributed by atoms with van der Waals surface area (Å²) in [5.41, 5.74) is 11.0. The van der Waals surface area contributed by atoms with Crippen LogP contribution in [0, 0.1) is 0 Å². The molecule has 0 saturated carbocycles. The van der Waals surface area contributed by atoms with E-state index in [-0.39, 0.29) is 0 Å². The van der Waals surface area contributed by atoms with Crippen molar-refractivity contribution in [1.29, 1.82) is 0 Å². The molecule has 0 unspecified atom stereocenters. The summed E-state index contributed by atoms with van der Waals surface area (Å²) in [6.07, 6.45) is 0. The van der Waals surface area contributed by atoms with Gasteiger partial charge in [0.15, 0.2) is 0 Å². The van der Waals surface area contributed by atoms with E-state index in [1.165, 1.54) is 98.3 Å². The first-order valence-corrected chi connectivity index (χ1v) is 18.3. The summed E-state index contributed by atoms with van der Waals surface area (Å²) in [4.78, 5) is 0. The summed E-state index contributed by atoms with van der Waals surface area (Å²) in [6, 6.07) is 73.6. The van der Waals surface area contributed by atoms with Crippen LogP contribution in [-0.2, 0) is 0 Å². The molecule has 53 heavy (non-hydrogen) atoms. The van der Waals surface area contributed by atoms with Gasteiger partial charge in [0, 0.05) is 16.5 Å². The molecule has 0 amide bonds. The first-order chi connectivity index (χ1) is 26.3. The van der Waals surface area contributed by atoms with E-state index in [9.17, 15) is 0 Å². The Labute approximate surface area is 307 Å². The quantitative estimate of drug-likeness (QED) is 0.130. The summed E-state index contributed by atoms with van der Waals surface area (Å²) in [7, 11) is 0.